The molecule has 0 fully saturated rings. The average Bonchev–Trinajstić information content (AvgIpc) is 0.809. The van der Waals surface area contributed by atoms with Crippen molar-refractivity contribution in [2.45, 2.75) is 221 Å². The molecule has 25 heteroatoms. The molecule has 0 aliphatic rings. The second kappa shape index (κ2) is 48.6. The minimum Gasteiger partial charge on any atom is -0.870 e. The number of ether oxygens (including phenoxy) is 3. The minimum atomic E-state index is -1.02. The number of methoxy groups -OCH3 is 3. The smallest absolute Gasteiger partial charge is 0.870 e. The van der Waals surface area contributed by atoms with E-state index in [0.717, 1.165) is 147 Å². The molecular formula is C76H118ClKN14O6S3. The van der Waals surface area contributed by atoms with Crippen LogP contribution in [-0.4, -0.2) is 122 Å². The Morgan fingerprint density at radius 1 is 0.554 bits per heavy atom. The van der Waals surface area contributed by atoms with Gasteiger partial charge in [-0.1, -0.05) is 90.5 Å². The zero-order valence-corrected chi connectivity index (χ0v) is 69.5. The summed E-state index contributed by atoms with van der Waals surface area (Å²) >= 11 is 11.8. The van der Waals surface area contributed by atoms with E-state index in [9.17, 15) is 9.90 Å². The van der Waals surface area contributed by atoms with Gasteiger partial charge in [0.1, 0.15) is 34.0 Å². The fourth-order valence-corrected chi connectivity index (χ4v) is 12.5. The van der Waals surface area contributed by atoms with Crippen molar-refractivity contribution in [3.63, 3.8) is 0 Å². The largest absolute Gasteiger partial charge is 1.00 e. The first-order valence-corrected chi connectivity index (χ1v) is 38.4. The number of nitrogens with two attached hydrogens (primary N) is 4. The average molecular weight is 1490 g/mol. The third kappa shape index (κ3) is 31.1. The monoisotopic (exact) mass is 1490 g/mol. The fourth-order valence-electron chi connectivity index (χ4n) is 10.7. The summed E-state index contributed by atoms with van der Waals surface area (Å²) < 4.78 is 16.7. The van der Waals surface area contributed by atoms with E-state index < -0.39 is 22.5 Å². The van der Waals surface area contributed by atoms with Crippen molar-refractivity contribution in [3.8, 4) is 17.2 Å². The van der Waals surface area contributed by atoms with Gasteiger partial charge < -0.3 is 68.1 Å². The van der Waals surface area contributed by atoms with Gasteiger partial charge in [-0.15, -0.1) is 0 Å². The van der Waals surface area contributed by atoms with Gasteiger partial charge >= 0.3 is 57.4 Å². The Balaban J connectivity index is 0.00000138. The molecule has 0 amide bonds. The summed E-state index contributed by atoms with van der Waals surface area (Å²) in [6.07, 6.45) is 21.8. The SMILES string of the molecule is C.CCCC[C@@H](CCSC)Nc1nc(N)nc(C)c1Cc1cc(C(C)(C)C(=O)O)ccc1OC.CCCC[C@H](N)CCSC.[C-]#[N+]C(C)(C)c1ccc(OC)c(Cc2c(C)nc(N)nc2Cl)c1.[C-]#[N+]C(C)(C)c1ccc(OC)c(Cc2c(C)nc(N)nc2N[C@@H](CCCC)CCSC)c1.[K+].[OH-]. The number of unbranched alkanes of at least 4 members (excludes halogenated alkanes) is 3. The molecule has 3 aromatic heterocycles. The van der Waals surface area contributed by atoms with Crippen LogP contribution < -0.4 is 99.2 Å². The molecule has 3 atom stereocenters. The molecule has 0 radical (unpaired) electrons. The Labute approximate surface area is 666 Å². The van der Waals surface area contributed by atoms with E-state index in [2.05, 4.69) is 95.8 Å². The second-order valence-electron chi connectivity index (χ2n) is 26.0. The number of anilines is 5. The Morgan fingerprint density at radius 2 is 0.881 bits per heavy atom. The number of carboxylic acid groups (broad SMARTS) is 1. The number of aromatic nitrogens is 6. The Morgan fingerprint density at radius 3 is 1.22 bits per heavy atom. The van der Waals surface area contributed by atoms with Crippen molar-refractivity contribution in [1.29, 1.82) is 0 Å². The zero-order valence-electron chi connectivity index (χ0n) is 63.2. The summed E-state index contributed by atoms with van der Waals surface area (Å²) in [7, 11) is 4.91. The van der Waals surface area contributed by atoms with Gasteiger partial charge in [-0.2, -0.15) is 45.3 Å². The second-order valence-corrected chi connectivity index (χ2v) is 29.3. The van der Waals surface area contributed by atoms with E-state index in [0.29, 0.717) is 48.3 Å². The number of hydrogen-bond donors (Lipinski definition) is 7. The Bertz CT molecular complexity index is 3510. The summed E-state index contributed by atoms with van der Waals surface area (Å²) in [4.78, 5) is 45.5. The van der Waals surface area contributed by atoms with Crippen molar-refractivity contribution < 1.29 is 81.0 Å². The van der Waals surface area contributed by atoms with Crippen LogP contribution in [0.3, 0.4) is 0 Å². The number of aliphatic carboxylic acids is 1. The zero-order chi connectivity index (χ0) is 73.3. The predicted molar refractivity (Wildman–Crippen MR) is 425 cm³/mol. The number of nitrogen functional groups attached to an aromatic ring is 3. The molecule has 0 bridgehead atoms. The number of carboxylic acids is 1. The van der Waals surface area contributed by atoms with Crippen LogP contribution in [0.4, 0.5) is 29.5 Å². The van der Waals surface area contributed by atoms with Gasteiger partial charge in [0.05, 0.1) is 26.7 Å². The molecule has 20 nitrogen and oxygen atoms in total. The number of thioether (sulfide) groups is 3. The quantitative estimate of drug-likeness (QED) is 0.0110. The maximum absolute atomic E-state index is 11.8. The first kappa shape index (κ1) is 95.6. The van der Waals surface area contributed by atoms with Crippen LogP contribution in [0.1, 0.15) is 214 Å². The molecule has 3 aromatic carbocycles. The predicted octanol–water partition coefficient (Wildman–Crippen LogP) is 14.4. The fraction of sp³-hybridized carbons (Fsp3) is 0.566. The maximum atomic E-state index is 11.8. The molecule has 6 rings (SSSR count). The van der Waals surface area contributed by atoms with Crippen molar-refractivity contribution in [3.05, 3.63) is 150 Å². The Hall–Kier alpha value is -5.35. The van der Waals surface area contributed by atoms with E-state index in [-0.39, 0.29) is 82.1 Å². The van der Waals surface area contributed by atoms with E-state index in [4.69, 9.17) is 61.9 Å². The molecular weight excluding hydrogens is 1380 g/mol. The maximum Gasteiger partial charge on any atom is 1.00 e. The van der Waals surface area contributed by atoms with Crippen molar-refractivity contribution in [2.24, 2.45) is 5.73 Å². The summed E-state index contributed by atoms with van der Waals surface area (Å²) in [5.41, 5.74) is 31.9. The van der Waals surface area contributed by atoms with E-state index in [1.165, 1.54) is 37.9 Å². The Kier molecular flexibility index (Phi) is 46.1. The molecule has 12 N–H and O–H groups in total. The van der Waals surface area contributed by atoms with Crippen molar-refractivity contribution in [2.75, 3.05) is 85.2 Å². The molecule has 0 aliphatic heterocycles. The summed E-state index contributed by atoms with van der Waals surface area (Å²) in [5, 5.41) is 17.3. The number of halogens is 1. The number of nitrogens with zero attached hydrogens (tertiary/aromatic N) is 8. The summed E-state index contributed by atoms with van der Waals surface area (Å²) in [6, 6.07) is 18.4. The van der Waals surface area contributed by atoms with Crippen LogP contribution in [0.2, 0.25) is 5.15 Å². The van der Waals surface area contributed by atoms with Gasteiger partial charge in [0, 0.05) is 110 Å². The van der Waals surface area contributed by atoms with E-state index >= 15 is 0 Å². The van der Waals surface area contributed by atoms with Gasteiger partial charge in [0.25, 0.3) is 11.1 Å². The normalized spacial score (nSPS) is 11.8. The van der Waals surface area contributed by atoms with Crippen LogP contribution in [0.25, 0.3) is 9.69 Å². The van der Waals surface area contributed by atoms with Gasteiger partial charge in [-0.25, -0.2) is 33.1 Å². The molecule has 0 spiro atoms. The number of nitrogens with one attached hydrogen (secondary N) is 2. The van der Waals surface area contributed by atoms with E-state index in [1.54, 1.807) is 35.2 Å². The first-order chi connectivity index (χ1) is 46.5. The topological polar surface area (TPSA) is 309 Å². The van der Waals surface area contributed by atoms with Crippen molar-refractivity contribution in [1.82, 2.24) is 29.9 Å². The van der Waals surface area contributed by atoms with Gasteiger partial charge in [0.15, 0.2) is 0 Å². The number of aryl methyl sites for hydroxylation is 3. The molecule has 0 unspecified atom stereocenters. The van der Waals surface area contributed by atoms with Crippen molar-refractivity contribution >= 4 is 82.3 Å². The third-order valence-electron chi connectivity index (χ3n) is 17.3. The van der Waals surface area contributed by atoms with Crippen LogP contribution in [0.15, 0.2) is 54.6 Å². The molecule has 3 heterocycles. The first-order valence-electron chi connectivity index (χ1n) is 33.8. The molecule has 0 saturated heterocycles. The molecule has 0 aliphatic carbocycles. The molecule has 6 aromatic rings. The van der Waals surface area contributed by atoms with Crippen LogP contribution in [-0.2, 0) is 40.5 Å². The molecule has 101 heavy (non-hydrogen) atoms. The number of rotatable bonds is 35. The number of hydrogen-bond acceptors (Lipinski definition) is 20. The molecule has 554 valence electrons. The number of carbonyl (C=O) groups is 1. The summed E-state index contributed by atoms with van der Waals surface area (Å²) in [5.74, 6) is 6.95. The van der Waals surface area contributed by atoms with E-state index in [1.807, 2.05) is 132 Å². The number of benzene rings is 3. The van der Waals surface area contributed by atoms with Gasteiger partial charge in [-0.05, 0) is 174 Å². The van der Waals surface area contributed by atoms with Crippen LogP contribution >= 0.6 is 46.9 Å². The minimum absolute atomic E-state index is 0. The summed E-state index contributed by atoms with van der Waals surface area (Å²) in [6.45, 7) is 38.3. The van der Waals surface area contributed by atoms with Gasteiger partial charge in [-0.3, -0.25) is 4.79 Å². The van der Waals surface area contributed by atoms with Crippen LogP contribution in [0, 0.1) is 33.9 Å². The standard InChI is InChI=1S/C25H37N5OS.C25H38N4O3S.C17H19ClN4O.C8H19NS.CH4.K.H2O/c1-8-9-10-20(13-14-32-7)29-23-21(17(2)28-24(26)30-23)16-18-15-19(25(3,4)27-5)11-12-22(18)31-6;1-7-8-9-19(12-13-33-6)28-22-20(16(2)27-24(26)29-22)15-17-14-18(10-11-21(17)32-5)25(3,4)23(30)31;1-10-13(15(18)22-16(19)21-10)9-11-8-12(17(2,3)20-4)6-7-14(11)23-5;1-3-4-5-8(9)6-7-10-2;;;/h11-12,15,20H,8-10,13-14,16H2,1-4,6-7H3,(H3,26,28,29,30);10-11,14,19H,7-9,12-13,15H2,1-6H3,(H,30,31)(H3,26,27,28,29);6-8H,9H2,1-3,5H3,(H2,19,21,22);8H,3-7,9H2,1-2H3;1H4;;1H2/q;;;;;+1;/p-1/t20-;19-;;8-;;;/m00.0.../s1. The third-order valence-corrected chi connectivity index (χ3v) is 19.5. The van der Waals surface area contributed by atoms with Gasteiger partial charge in [0.2, 0.25) is 17.8 Å². The molecule has 0 saturated carbocycles. The van der Waals surface area contributed by atoms with Crippen LogP contribution in [0.5, 0.6) is 17.2 Å².